The van der Waals surface area contributed by atoms with Crippen LogP contribution in [0.15, 0.2) is 31.0 Å². The fourth-order valence-electron chi connectivity index (χ4n) is 1.22. The normalized spacial score (nSPS) is 9.88. The second-order valence-corrected chi connectivity index (χ2v) is 3.61. The smallest absolute Gasteiger partial charge is 0.333 e. The molecule has 0 fully saturated rings. The Balaban J connectivity index is 2.61. The van der Waals surface area contributed by atoms with E-state index < -0.39 is 5.97 Å². The fourth-order valence-corrected chi connectivity index (χ4v) is 1.22. The highest BCUT2D eigenvalue weighted by Gasteiger charge is 2.07. The standard InChI is InChI=1S/C12H16N2O2/c1-5-6-11-13-10(7-14(11)4)8-16-12(15)9(2)3/h5,7H,1-2,6,8H2,3-4H3. The Kier molecular flexibility index (Phi) is 4.05. The second-order valence-electron chi connectivity index (χ2n) is 3.61. The number of hydrogen-bond acceptors (Lipinski definition) is 3. The van der Waals surface area contributed by atoms with E-state index >= 15 is 0 Å². The molecule has 0 N–H and O–H groups in total. The molecule has 4 heteroatoms. The fraction of sp³-hybridized carbons (Fsp3) is 0.333. The first-order valence-electron chi connectivity index (χ1n) is 4.99. The molecular formula is C12H16N2O2. The van der Waals surface area contributed by atoms with Crippen molar-refractivity contribution in [1.29, 1.82) is 0 Å². The van der Waals surface area contributed by atoms with Gasteiger partial charge in [0, 0.05) is 25.2 Å². The maximum atomic E-state index is 11.2. The number of carbonyl (C=O) groups excluding carboxylic acids is 1. The number of aromatic nitrogens is 2. The number of nitrogens with zero attached hydrogens (tertiary/aromatic N) is 2. The van der Waals surface area contributed by atoms with E-state index in [1.165, 1.54) is 0 Å². The van der Waals surface area contributed by atoms with Crippen LogP contribution in [0.1, 0.15) is 18.4 Å². The SMILES string of the molecule is C=CCc1nc(COC(=O)C(=C)C)cn1C. The van der Waals surface area contributed by atoms with E-state index in [2.05, 4.69) is 18.1 Å². The molecule has 1 aromatic heterocycles. The van der Waals surface area contributed by atoms with Crippen LogP contribution in [-0.4, -0.2) is 15.5 Å². The molecule has 1 rings (SSSR count). The van der Waals surface area contributed by atoms with E-state index in [0.717, 1.165) is 11.5 Å². The van der Waals surface area contributed by atoms with Gasteiger partial charge in [-0.2, -0.15) is 0 Å². The van der Waals surface area contributed by atoms with E-state index in [0.29, 0.717) is 12.0 Å². The molecule has 4 nitrogen and oxygen atoms in total. The Bertz CT molecular complexity index is 419. The molecule has 0 aromatic carbocycles. The van der Waals surface area contributed by atoms with Crippen molar-refractivity contribution in [3.05, 3.63) is 42.5 Å². The Hall–Kier alpha value is -1.84. The summed E-state index contributed by atoms with van der Waals surface area (Å²) in [6.45, 7) is 8.95. The summed E-state index contributed by atoms with van der Waals surface area (Å²) in [6.07, 6.45) is 4.32. The number of ether oxygens (including phenoxy) is 1. The number of aryl methyl sites for hydroxylation is 1. The van der Waals surface area contributed by atoms with Crippen LogP contribution in [0.4, 0.5) is 0 Å². The number of carbonyl (C=O) groups is 1. The lowest BCUT2D eigenvalue weighted by Gasteiger charge is -2.00. The van der Waals surface area contributed by atoms with Crippen LogP contribution in [0.2, 0.25) is 0 Å². The highest BCUT2D eigenvalue weighted by atomic mass is 16.5. The van der Waals surface area contributed by atoms with Crippen LogP contribution >= 0.6 is 0 Å². The Morgan fingerprint density at radius 3 is 2.94 bits per heavy atom. The third-order valence-corrected chi connectivity index (χ3v) is 2.05. The van der Waals surface area contributed by atoms with Crippen LogP contribution in [-0.2, 0) is 29.6 Å². The van der Waals surface area contributed by atoms with E-state index in [9.17, 15) is 4.79 Å². The highest BCUT2D eigenvalue weighted by molar-refractivity contribution is 5.86. The van der Waals surface area contributed by atoms with Crippen molar-refractivity contribution in [3.63, 3.8) is 0 Å². The lowest BCUT2D eigenvalue weighted by molar-refractivity contribution is -0.140. The topological polar surface area (TPSA) is 44.1 Å². The van der Waals surface area contributed by atoms with Gasteiger partial charge in [-0.05, 0) is 6.92 Å². The lowest BCUT2D eigenvalue weighted by atomic mass is 10.4. The average Bonchev–Trinajstić information content (AvgIpc) is 2.57. The first-order valence-corrected chi connectivity index (χ1v) is 4.99. The minimum Gasteiger partial charge on any atom is -0.456 e. The number of imidazole rings is 1. The number of allylic oxidation sites excluding steroid dienone is 1. The van der Waals surface area contributed by atoms with Gasteiger partial charge in [-0.25, -0.2) is 9.78 Å². The van der Waals surface area contributed by atoms with Crippen LogP contribution in [0, 0.1) is 0 Å². The summed E-state index contributed by atoms with van der Waals surface area (Å²) in [6, 6.07) is 0. The van der Waals surface area contributed by atoms with Crippen LogP contribution < -0.4 is 0 Å². The van der Waals surface area contributed by atoms with E-state index in [-0.39, 0.29) is 6.61 Å². The third kappa shape index (κ3) is 3.08. The first kappa shape index (κ1) is 12.2. The van der Waals surface area contributed by atoms with Gasteiger partial charge in [0.2, 0.25) is 0 Å². The van der Waals surface area contributed by atoms with Gasteiger partial charge in [0.15, 0.2) is 0 Å². The van der Waals surface area contributed by atoms with Crippen LogP contribution in [0.5, 0.6) is 0 Å². The molecule has 0 aliphatic carbocycles. The molecule has 0 aliphatic heterocycles. The van der Waals surface area contributed by atoms with E-state index in [1.807, 2.05) is 17.8 Å². The van der Waals surface area contributed by atoms with Crippen molar-refractivity contribution in [2.45, 2.75) is 20.0 Å². The monoisotopic (exact) mass is 220 g/mol. The summed E-state index contributed by atoms with van der Waals surface area (Å²) in [7, 11) is 1.90. The molecule has 0 atom stereocenters. The second kappa shape index (κ2) is 5.30. The van der Waals surface area contributed by atoms with Crippen molar-refractivity contribution < 1.29 is 9.53 Å². The maximum Gasteiger partial charge on any atom is 0.333 e. The molecule has 1 heterocycles. The molecule has 0 spiro atoms. The molecule has 0 aliphatic rings. The highest BCUT2D eigenvalue weighted by Crippen LogP contribution is 2.05. The molecule has 0 saturated carbocycles. The molecule has 16 heavy (non-hydrogen) atoms. The van der Waals surface area contributed by atoms with E-state index in [4.69, 9.17) is 4.74 Å². The third-order valence-electron chi connectivity index (χ3n) is 2.05. The number of esters is 1. The van der Waals surface area contributed by atoms with Gasteiger partial charge in [0.25, 0.3) is 0 Å². The zero-order chi connectivity index (χ0) is 12.1. The molecule has 1 aromatic rings. The summed E-state index contributed by atoms with van der Waals surface area (Å²) in [5, 5.41) is 0. The van der Waals surface area contributed by atoms with Gasteiger partial charge < -0.3 is 9.30 Å². The summed E-state index contributed by atoms with van der Waals surface area (Å²) in [4.78, 5) is 15.5. The zero-order valence-corrected chi connectivity index (χ0v) is 9.69. The summed E-state index contributed by atoms with van der Waals surface area (Å²) in [5.41, 5.74) is 1.12. The Morgan fingerprint density at radius 1 is 1.69 bits per heavy atom. The van der Waals surface area contributed by atoms with Crippen molar-refractivity contribution in [2.24, 2.45) is 7.05 Å². The molecule has 0 amide bonds. The van der Waals surface area contributed by atoms with Crippen LogP contribution in [0.25, 0.3) is 0 Å². The molecule has 0 unspecified atom stereocenters. The molecule has 0 radical (unpaired) electrons. The molecular weight excluding hydrogens is 204 g/mol. The van der Waals surface area contributed by atoms with Gasteiger partial charge in [-0.15, -0.1) is 6.58 Å². The zero-order valence-electron chi connectivity index (χ0n) is 9.69. The predicted octanol–water partition coefficient (Wildman–Crippen LogP) is 1.77. The van der Waals surface area contributed by atoms with Gasteiger partial charge in [0.1, 0.15) is 12.4 Å². The van der Waals surface area contributed by atoms with Crippen molar-refractivity contribution in [3.8, 4) is 0 Å². The Labute approximate surface area is 95.3 Å². The van der Waals surface area contributed by atoms with Crippen molar-refractivity contribution >= 4 is 5.97 Å². The lowest BCUT2D eigenvalue weighted by Crippen LogP contribution is -2.05. The molecule has 0 bridgehead atoms. The van der Waals surface area contributed by atoms with Crippen LogP contribution in [0.3, 0.4) is 0 Å². The molecule has 86 valence electrons. The average molecular weight is 220 g/mol. The minimum absolute atomic E-state index is 0.177. The van der Waals surface area contributed by atoms with Gasteiger partial charge >= 0.3 is 5.97 Å². The van der Waals surface area contributed by atoms with Gasteiger partial charge in [0.05, 0.1) is 5.69 Å². The van der Waals surface area contributed by atoms with Crippen molar-refractivity contribution in [1.82, 2.24) is 9.55 Å². The summed E-state index contributed by atoms with van der Waals surface area (Å²) < 4.78 is 6.89. The van der Waals surface area contributed by atoms with Gasteiger partial charge in [-0.1, -0.05) is 12.7 Å². The first-order chi connectivity index (χ1) is 7.54. The summed E-state index contributed by atoms with van der Waals surface area (Å²) in [5.74, 6) is 0.507. The van der Waals surface area contributed by atoms with Gasteiger partial charge in [-0.3, -0.25) is 0 Å². The summed E-state index contributed by atoms with van der Waals surface area (Å²) >= 11 is 0. The number of rotatable bonds is 5. The quantitative estimate of drug-likeness (QED) is 0.431. The largest absolute Gasteiger partial charge is 0.456 e. The maximum absolute atomic E-state index is 11.2. The van der Waals surface area contributed by atoms with Crippen molar-refractivity contribution in [2.75, 3.05) is 0 Å². The predicted molar refractivity (Wildman–Crippen MR) is 61.7 cm³/mol. The number of hydrogen-bond donors (Lipinski definition) is 0. The Morgan fingerprint density at radius 2 is 2.38 bits per heavy atom. The van der Waals surface area contributed by atoms with E-state index in [1.54, 1.807) is 13.0 Å². The molecule has 0 saturated heterocycles. The minimum atomic E-state index is -0.393.